The predicted molar refractivity (Wildman–Crippen MR) is 119 cm³/mol. The van der Waals surface area contributed by atoms with Gasteiger partial charge in [0.05, 0.1) is 21.3 Å². The van der Waals surface area contributed by atoms with Gasteiger partial charge in [0.25, 0.3) is 0 Å². The Morgan fingerprint density at radius 1 is 1.13 bits per heavy atom. The van der Waals surface area contributed by atoms with Gasteiger partial charge in [-0.25, -0.2) is 19.3 Å². The molecule has 0 bridgehead atoms. The second kappa shape index (κ2) is 7.10. The van der Waals surface area contributed by atoms with Crippen LogP contribution in [0.5, 0.6) is 0 Å². The van der Waals surface area contributed by atoms with Gasteiger partial charge in [0, 0.05) is 36.3 Å². The van der Waals surface area contributed by atoms with Crippen molar-refractivity contribution in [3.8, 4) is 21.8 Å². The van der Waals surface area contributed by atoms with E-state index in [2.05, 4.69) is 36.4 Å². The molecule has 0 amide bonds. The van der Waals surface area contributed by atoms with E-state index in [-0.39, 0.29) is 11.2 Å². The Morgan fingerprint density at radius 2 is 1.90 bits per heavy atom. The summed E-state index contributed by atoms with van der Waals surface area (Å²) in [7, 11) is 0. The molecule has 156 valence electrons. The Hall–Kier alpha value is -2.38. The number of nitrogens with one attached hydrogen (secondary N) is 2. The quantitative estimate of drug-likeness (QED) is 0.640. The molecule has 2 aromatic heterocycles. The zero-order valence-corrected chi connectivity index (χ0v) is 18.5. The van der Waals surface area contributed by atoms with Gasteiger partial charge in [-0.05, 0) is 36.5 Å². The van der Waals surface area contributed by atoms with E-state index < -0.39 is 0 Å². The molecule has 1 aliphatic carbocycles. The van der Waals surface area contributed by atoms with Crippen molar-refractivity contribution < 1.29 is 4.39 Å². The normalized spacial score (nSPS) is 22.8. The number of hydrogen-bond donors (Lipinski definition) is 2. The topological polar surface area (TPSA) is 62.7 Å². The van der Waals surface area contributed by atoms with Gasteiger partial charge in [-0.15, -0.1) is 11.3 Å². The third kappa shape index (κ3) is 3.40. The monoisotopic (exact) mass is 423 g/mol. The lowest BCUT2D eigenvalue weighted by Gasteiger charge is -2.13. The molecule has 2 atom stereocenters. The maximum atomic E-state index is 15.0. The third-order valence-electron chi connectivity index (χ3n) is 5.99. The maximum Gasteiger partial charge on any atom is 0.223 e. The van der Waals surface area contributed by atoms with E-state index in [1.54, 1.807) is 36.6 Å². The molecule has 2 aliphatic rings. The third-order valence-corrected chi connectivity index (χ3v) is 7.49. The van der Waals surface area contributed by atoms with Crippen LogP contribution in [0.1, 0.15) is 31.3 Å². The maximum absolute atomic E-state index is 15.0. The van der Waals surface area contributed by atoms with Gasteiger partial charge in [-0.1, -0.05) is 32.9 Å². The molecule has 0 spiro atoms. The van der Waals surface area contributed by atoms with Crippen molar-refractivity contribution in [1.29, 1.82) is 0 Å². The van der Waals surface area contributed by atoms with Crippen LogP contribution in [-0.4, -0.2) is 34.1 Å². The van der Waals surface area contributed by atoms with E-state index in [9.17, 15) is 4.39 Å². The average molecular weight is 424 g/mol. The van der Waals surface area contributed by atoms with Crippen LogP contribution in [0.4, 0.5) is 10.3 Å². The fourth-order valence-corrected chi connectivity index (χ4v) is 5.27. The van der Waals surface area contributed by atoms with Crippen LogP contribution in [0.15, 0.2) is 30.5 Å². The SMILES string of the molecule is Cc1cccc(-c2nc(C(C)(C)C)sc2-c2ccnc(NC3C4CNCC43)n2)c1F. The van der Waals surface area contributed by atoms with Crippen molar-refractivity contribution in [3.05, 3.63) is 46.9 Å². The van der Waals surface area contributed by atoms with Gasteiger partial charge in [0.15, 0.2) is 0 Å². The Morgan fingerprint density at radius 3 is 2.63 bits per heavy atom. The van der Waals surface area contributed by atoms with Crippen LogP contribution in [0.2, 0.25) is 0 Å². The lowest BCUT2D eigenvalue weighted by Crippen LogP contribution is -2.22. The number of rotatable bonds is 4. The molecule has 2 N–H and O–H groups in total. The van der Waals surface area contributed by atoms with Crippen molar-refractivity contribution in [2.75, 3.05) is 18.4 Å². The van der Waals surface area contributed by atoms with Gasteiger partial charge in [0.2, 0.25) is 5.95 Å². The van der Waals surface area contributed by atoms with Crippen molar-refractivity contribution in [2.24, 2.45) is 11.8 Å². The number of aryl methyl sites for hydroxylation is 1. The summed E-state index contributed by atoms with van der Waals surface area (Å²) in [5.74, 6) is 1.75. The van der Waals surface area contributed by atoms with Gasteiger partial charge >= 0.3 is 0 Å². The molecule has 30 heavy (non-hydrogen) atoms. The van der Waals surface area contributed by atoms with Crippen molar-refractivity contribution in [1.82, 2.24) is 20.3 Å². The van der Waals surface area contributed by atoms with Crippen LogP contribution in [0.3, 0.4) is 0 Å². The number of anilines is 1. The molecule has 2 fully saturated rings. The molecule has 5 rings (SSSR count). The molecular weight excluding hydrogens is 397 g/mol. The highest BCUT2D eigenvalue weighted by atomic mass is 32.1. The number of halogens is 1. The van der Waals surface area contributed by atoms with E-state index in [4.69, 9.17) is 9.97 Å². The molecule has 1 aromatic carbocycles. The first-order valence-corrected chi connectivity index (χ1v) is 11.2. The number of aromatic nitrogens is 3. The number of hydrogen-bond acceptors (Lipinski definition) is 6. The summed E-state index contributed by atoms with van der Waals surface area (Å²) in [6.07, 6.45) is 1.77. The summed E-state index contributed by atoms with van der Waals surface area (Å²) in [5, 5.41) is 7.86. The molecule has 2 unspecified atom stereocenters. The summed E-state index contributed by atoms with van der Waals surface area (Å²) in [4.78, 5) is 15.0. The van der Waals surface area contributed by atoms with Crippen LogP contribution in [0, 0.1) is 24.6 Å². The molecule has 1 saturated carbocycles. The van der Waals surface area contributed by atoms with Gasteiger partial charge in [-0.3, -0.25) is 0 Å². The standard InChI is InChI=1S/C23H26FN5S/c1-12-6-5-7-13(17(12)24)19-20(30-21(28-19)23(2,3)4)16-8-9-26-22(27-16)29-18-14-10-25-11-15(14)18/h5-9,14-15,18,25H,10-11H2,1-4H3,(H,26,27,29). The number of nitrogens with zero attached hydrogens (tertiary/aromatic N) is 3. The summed E-state index contributed by atoms with van der Waals surface area (Å²) in [6, 6.07) is 7.79. The van der Waals surface area contributed by atoms with Crippen molar-refractivity contribution in [2.45, 2.75) is 39.2 Å². The Labute approximate surface area is 180 Å². The Balaban J connectivity index is 1.56. The lowest BCUT2D eigenvalue weighted by atomic mass is 9.98. The van der Waals surface area contributed by atoms with E-state index in [1.807, 2.05) is 12.1 Å². The van der Waals surface area contributed by atoms with Gasteiger partial charge in [0.1, 0.15) is 5.82 Å². The van der Waals surface area contributed by atoms with Crippen LogP contribution >= 0.6 is 11.3 Å². The minimum atomic E-state index is -0.227. The number of piperidine rings is 1. The van der Waals surface area contributed by atoms with Crippen molar-refractivity contribution >= 4 is 17.3 Å². The largest absolute Gasteiger partial charge is 0.351 e. The molecule has 0 radical (unpaired) electrons. The van der Waals surface area contributed by atoms with Crippen molar-refractivity contribution in [3.63, 3.8) is 0 Å². The summed E-state index contributed by atoms with van der Waals surface area (Å²) in [5.41, 5.74) is 2.43. The molecule has 3 heterocycles. The zero-order chi connectivity index (χ0) is 21.0. The van der Waals surface area contributed by atoms with E-state index >= 15 is 0 Å². The number of benzene rings is 1. The molecule has 1 saturated heterocycles. The molecule has 7 heteroatoms. The first-order valence-electron chi connectivity index (χ1n) is 10.4. The van der Waals surface area contributed by atoms with Crippen LogP contribution in [0.25, 0.3) is 21.8 Å². The van der Waals surface area contributed by atoms with Gasteiger partial charge < -0.3 is 10.6 Å². The summed E-state index contributed by atoms with van der Waals surface area (Å²) >= 11 is 1.58. The first-order chi connectivity index (χ1) is 14.3. The smallest absolute Gasteiger partial charge is 0.223 e. The summed E-state index contributed by atoms with van der Waals surface area (Å²) in [6.45, 7) is 10.3. The highest BCUT2D eigenvalue weighted by molar-refractivity contribution is 7.15. The molecule has 3 aromatic rings. The van der Waals surface area contributed by atoms with Gasteiger partial charge in [-0.2, -0.15) is 0 Å². The fourth-order valence-electron chi connectivity index (χ4n) is 4.16. The first kappa shape index (κ1) is 19.6. The Bertz CT molecular complexity index is 1090. The zero-order valence-electron chi connectivity index (χ0n) is 17.7. The average Bonchev–Trinajstić information content (AvgIpc) is 3.09. The minimum Gasteiger partial charge on any atom is -0.351 e. The number of thiazole rings is 1. The van der Waals surface area contributed by atoms with E-state index in [1.165, 1.54) is 0 Å². The molecular formula is C23H26FN5S. The van der Waals surface area contributed by atoms with E-state index in [0.29, 0.717) is 40.6 Å². The molecule has 5 nitrogen and oxygen atoms in total. The van der Waals surface area contributed by atoms with E-state index in [0.717, 1.165) is 28.7 Å². The predicted octanol–water partition coefficient (Wildman–Crippen LogP) is 4.64. The minimum absolute atomic E-state index is 0.134. The Kier molecular flexibility index (Phi) is 4.63. The highest BCUT2D eigenvalue weighted by Gasteiger charge is 2.53. The summed E-state index contributed by atoms with van der Waals surface area (Å²) < 4.78 is 15.0. The highest BCUT2D eigenvalue weighted by Crippen LogP contribution is 2.44. The second-order valence-electron chi connectivity index (χ2n) is 9.30. The second-order valence-corrected chi connectivity index (χ2v) is 10.3. The number of fused-ring (bicyclic) bond motifs is 1. The molecule has 1 aliphatic heterocycles. The lowest BCUT2D eigenvalue weighted by molar-refractivity contribution is 0.585. The van der Waals surface area contributed by atoms with Crippen LogP contribution in [-0.2, 0) is 5.41 Å². The van der Waals surface area contributed by atoms with Crippen LogP contribution < -0.4 is 10.6 Å². The fraction of sp³-hybridized carbons (Fsp3) is 0.435.